The molecule has 0 bridgehead atoms. The van der Waals surface area contributed by atoms with E-state index in [2.05, 4.69) is 6.08 Å². The molecule has 0 radical (unpaired) electrons. The van der Waals surface area contributed by atoms with Crippen LogP contribution in [0, 0.1) is 0 Å². The molecule has 0 fully saturated rings. The fourth-order valence-electron chi connectivity index (χ4n) is 2.14. The summed E-state index contributed by atoms with van der Waals surface area (Å²) < 4.78 is 10.5. The van der Waals surface area contributed by atoms with Crippen molar-refractivity contribution in [1.82, 2.24) is 0 Å². The van der Waals surface area contributed by atoms with Crippen molar-refractivity contribution in [1.29, 1.82) is 0 Å². The van der Waals surface area contributed by atoms with E-state index in [-0.39, 0.29) is 6.42 Å². The predicted octanol–water partition coefficient (Wildman–Crippen LogP) is 4.30. The van der Waals surface area contributed by atoms with E-state index in [1.807, 2.05) is 20.8 Å². The zero-order valence-electron chi connectivity index (χ0n) is 16.8. The van der Waals surface area contributed by atoms with E-state index in [0.29, 0.717) is 0 Å². The summed E-state index contributed by atoms with van der Waals surface area (Å²) in [5.74, 6) is -2.09. The van der Waals surface area contributed by atoms with Gasteiger partial charge in [-0.1, -0.05) is 23.3 Å². The van der Waals surface area contributed by atoms with Gasteiger partial charge in [0.15, 0.2) is 5.78 Å². The number of hydrogen-bond acceptors (Lipinski definition) is 5. The average molecular weight is 352 g/mol. The number of carbonyl (C=O) groups excluding carboxylic acids is 3. The topological polar surface area (TPSA) is 69.7 Å². The molecular formula is C20H32O5. The Morgan fingerprint density at radius 3 is 1.84 bits per heavy atom. The number of Topliss-reactive ketones (excluding diaryl/α,β-unsaturated/α-hetero) is 1. The Morgan fingerprint density at radius 2 is 1.44 bits per heavy atom. The summed E-state index contributed by atoms with van der Waals surface area (Å²) in [6, 6.07) is 0. The first-order chi connectivity index (χ1) is 11.3. The van der Waals surface area contributed by atoms with Crippen molar-refractivity contribution < 1.29 is 23.9 Å². The average Bonchev–Trinajstić information content (AvgIpc) is 2.40. The summed E-state index contributed by atoms with van der Waals surface area (Å²) in [6.45, 7) is 13.5. The zero-order chi connectivity index (χ0) is 19.8. The minimum Gasteiger partial charge on any atom is -0.457 e. The van der Waals surface area contributed by atoms with Gasteiger partial charge in [0.1, 0.15) is 5.60 Å². The molecule has 0 aromatic rings. The summed E-state index contributed by atoms with van der Waals surface area (Å²) in [6.07, 6.45) is 5.53. The first kappa shape index (κ1) is 23.1. The Kier molecular flexibility index (Phi) is 8.81. The number of rotatable bonds is 8. The number of carbonyl (C=O) groups is 3. The van der Waals surface area contributed by atoms with Crippen LogP contribution < -0.4 is 0 Å². The second-order valence-electron chi connectivity index (χ2n) is 7.55. The summed E-state index contributed by atoms with van der Waals surface area (Å²) in [7, 11) is 0. The van der Waals surface area contributed by atoms with Crippen LogP contribution in [0.5, 0.6) is 0 Å². The van der Waals surface area contributed by atoms with Gasteiger partial charge in [0.25, 0.3) is 5.60 Å². The molecule has 0 aliphatic carbocycles. The summed E-state index contributed by atoms with van der Waals surface area (Å²) >= 11 is 0. The number of ketones is 1. The van der Waals surface area contributed by atoms with Gasteiger partial charge < -0.3 is 9.47 Å². The highest BCUT2D eigenvalue weighted by Crippen LogP contribution is 2.25. The van der Waals surface area contributed by atoms with Crippen LogP contribution >= 0.6 is 0 Å². The van der Waals surface area contributed by atoms with Crippen LogP contribution in [-0.4, -0.2) is 28.9 Å². The van der Waals surface area contributed by atoms with Crippen LogP contribution in [0.2, 0.25) is 0 Å². The molecule has 0 spiro atoms. The summed E-state index contributed by atoms with van der Waals surface area (Å²) in [4.78, 5) is 36.4. The lowest BCUT2D eigenvalue weighted by molar-refractivity contribution is -0.191. The van der Waals surface area contributed by atoms with Crippen LogP contribution in [0.3, 0.4) is 0 Å². The van der Waals surface area contributed by atoms with E-state index in [0.717, 1.165) is 18.4 Å². The third-order valence-electron chi connectivity index (χ3n) is 3.44. The minimum absolute atomic E-state index is 0.0303. The normalized spacial score (nSPS) is 14.3. The van der Waals surface area contributed by atoms with Gasteiger partial charge in [-0.05, 0) is 61.3 Å². The molecule has 25 heavy (non-hydrogen) atoms. The maximum absolute atomic E-state index is 12.6. The van der Waals surface area contributed by atoms with Gasteiger partial charge in [-0.2, -0.15) is 0 Å². The van der Waals surface area contributed by atoms with Crippen molar-refractivity contribution in [3.8, 4) is 0 Å². The van der Waals surface area contributed by atoms with E-state index in [4.69, 9.17) is 9.47 Å². The first-order valence-electron chi connectivity index (χ1n) is 8.53. The Labute approximate surface area is 151 Å². The molecule has 1 unspecified atom stereocenters. The monoisotopic (exact) mass is 352 g/mol. The number of esters is 2. The molecule has 0 aromatic carbocycles. The molecule has 0 saturated heterocycles. The molecular weight excluding hydrogens is 320 g/mol. The van der Waals surface area contributed by atoms with Crippen LogP contribution in [0.1, 0.15) is 74.7 Å². The largest absolute Gasteiger partial charge is 0.457 e. The highest BCUT2D eigenvalue weighted by atomic mass is 16.6. The molecule has 0 heterocycles. The van der Waals surface area contributed by atoms with Crippen molar-refractivity contribution in [2.45, 2.75) is 85.9 Å². The fraction of sp³-hybridized carbons (Fsp3) is 0.650. The van der Waals surface area contributed by atoms with Crippen LogP contribution in [-0.2, 0) is 23.9 Å². The minimum atomic E-state index is -1.93. The van der Waals surface area contributed by atoms with Gasteiger partial charge in [0, 0.05) is 13.3 Å². The lowest BCUT2D eigenvalue weighted by Gasteiger charge is -2.31. The third kappa shape index (κ3) is 8.66. The van der Waals surface area contributed by atoms with Crippen LogP contribution in [0.15, 0.2) is 23.3 Å². The predicted molar refractivity (Wildman–Crippen MR) is 98.1 cm³/mol. The SMILES string of the molecule is CC(=O)OC(C/C=C(\C)CCC=C(C)C)(C(C)=O)C(=O)OC(C)(C)C. The van der Waals surface area contributed by atoms with Crippen molar-refractivity contribution >= 4 is 17.7 Å². The summed E-state index contributed by atoms with van der Waals surface area (Å²) in [5.41, 5.74) is -0.477. The lowest BCUT2D eigenvalue weighted by Crippen LogP contribution is -2.51. The standard InChI is InChI=1S/C20H32O5/c1-14(2)10-9-11-15(3)12-13-20(16(4)21,24-17(5)22)18(23)25-19(6,7)8/h10,12H,9,11,13H2,1-8H3/b15-12+. The van der Waals surface area contributed by atoms with E-state index in [9.17, 15) is 14.4 Å². The number of hydrogen-bond donors (Lipinski definition) is 0. The Bertz CT molecular complexity index is 559. The van der Waals surface area contributed by atoms with E-state index < -0.39 is 28.9 Å². The second kappa shape index (κ2) is 9.54. The highest BCUT2D eigenvalue weighted by Gasteiger charge is 2.49. The molecule has 0 rings (SSSR count). The quantitative estimate of drug-likeness (QED) is 0.370. The Hall–Kier alpha value is -1.91. The smallest absolute Gasteiger partial charge is 0.359 e. The van der Waals surface area contributed by atoms with Gasteiger partial charge in [-0.15, -0.1) is 0 Å². The maximum Gasteiger partial charge on any atom is 0.359 e. The molecule has 1 atom stereocenters. The van der Waals surface area contributed by atoms with Gasteiger partial charge in [-0.3, -0.25) is 9.59 Å². The molecule has 0 aliphatic rings. The fourth-order valence-corrected chi connectivity index (χ4v) is 2.14. The molecule has 0 saturated carbocycles. The van der Waals surface area contributed by atoms with Gasteiger partial charge in [0.05, 0.1) is 0 Å². The molecule has 0 N–H and O–H groups in total. The molecule has 5 nitrogen and oxygen atoms in total. The molecule has 0 aliphatic heterocycles. The van der Waals surface area contributed by atoms with E-state index >= 15 is 0 Å². The van der Waals surface area contributed by atoms with E-state index in [1.165, 1.54) is 19.4 Å². The van der Waals surface area contributed by atoms with Gasteiger partial charge in [-0.25, -0.2) is 4.79 Å². The number of allylic oxidation sites excluding steroid dienone is 3. The van der Waals surface area contributed by atoms with Gasteiger partial charge in [0.2, 0.25) is 0 Å². The van der Waals surface area contributed by atoms with Crippen molar-refractivity contribution in [3.05, 3.63) is 23.3 Å². The first-order valence-corrected chi connectivity index (χ1v) is 8.53. The van der Waals surface area contributed by atoms with Crippen molar-refractivity contribution in [2.75, 3.05) is 0 Å². The van der Waals surface area contributed by atoms with Crippen molar-refractivity contribution in [2.24, 2.45) is 0 Å². The van der Waals surface area contributed by atoms with E-state index in [1.54, 1.807) is 26.8 Å². The Balaban J connectivity index is 5.51. The third-order valence-corrected chi connectivity index (χ3v) is 3.44. The lowest BCUT2D eigenvalue weighted by atomic mass is 9.92. The zero-order valence-corrected chi connectivity index (χ0v) is 16.8. The van der Waals surface area contributed by atoms with Crippen LogP contribution in [0.25, 0.3) is 0 Å². The molecule has 5 heteroatoms. The van der Waals surface area contributed by atoms with Gasteiger partial charge >= 0.3 is 11.9 Å². The Morgan fingerprint density at radius 1 is 0.880 bits per heavy atom. The summed E-state index contributed by atoms with van der Waals surface area (Å²) in [5, 5.41) is 0. The maximum atomic E-state index is 12.6. The highest BCUT2D eigenvalue weighted by molar-refractivity contribution is 6.07. The molecule has 0 amide bonds. The molecule has 142 valence electrons. The second-order valence-corrected chi connectivity index (χ2v) is 7.55. The van der Waals surface area contributed by atoms with Crippen molar-refractivity contribution in [3.63, 3.8) is 0 Å². The molecule has 0 aromatic heterocycles. The van der Waals surface area contributed by atoms with Crippen LogP contribution in [0.4, 0.5) is 0 Å². The number of ether oxygens (including phenoxy) is 2.